The van der Waals surface area contributed by atoms with E-state index in [-0.39, 0.29) is 0 Å². The van der Waals surface area contributed by atoms with Crippen molar-refractivity contribution in [2.75, 3.05) is 6.54 Å². The minimum absolute atomic E-state index is 0.327. The number of hydrazone groups is 1. The number of nitrogens with zero attached hydrogens (tertiary/aromatic N) is 3. The molecule has 1 aliphatic heterocycles. The quantitative estimate of drug-likeness (QED) is 0.676. The van der Waals surface area contributed by atoms with E-state index in [2.05, 4.69) is 56.6 Å². The fourth-order valence-electron chi connectivity index (χ4n) is 1.76. The Bertz CT molecular complexity index is 215. The summed E-state index contributed by atoms with van der Waals surface area (Å²) in [7, 11) is 0. The fraction of sp³-hybridized carbons (Fsp3) is 0.909. The first kappa shape index (κ1) is 11.3. The summed E-state index contributed by atoms with van der Waals surface area (Å²) in [6.07, 6.45) is 2.37. The van der Waals surface area contributed by atoms with E-state index in [1.54, 1.807) is 0 Å². The van der Waals surface area contributed by atoms with Crippen LogP contribution in [0.5, 0.6) is 0 Å². The molecule has 82 valence electrons. The Balaban J connectivity index is 2.57. The molecule has 1 heterocycles. The Morgan fingerprint density at radius 1 is 1.36 bits per heavy atom. The van der Waals surface area contributed by atoms with Crippen molar-refractivity contribution < 1.29 is 0 Å². The molecule has 0 N–H and O–H groups in total. The molecule has 0 aromatic carbocycles. The largest absolute Gasteiger partial charge is 0.339 e. The average Bonchev–Trinajstić information content (AvgIpc) is 2.29. The Morgan fingerprint density at radius 3 is 2.29 bits per heavy atom. The lowest BCUT2D eigenvalue weighted by atomic mass is 9.96. The van der Waals surface area contributed by atoms with Crippen molar-refractivity contribution in [1.29, 1.82) is 0 Å². The highest BCUT2D eigenvalue weighted by atomic mass is 15.6. The predicted molar refractivity (Wildman–Crippen MR) is 61.1 cm³/mol. The van der Waals surface area contributed by atoms with Gasteiger partial charge in [0.05, 0.1) is 0 Å². The molecule has 0 amide bonds. The van der Waals surface area contributed by atoms with Crippen molar-refractivity contribution in [3.05, 3.63) is 0 Å². The van der Waals surface area contributed by atoms with Crippen LogP contribution in [0.15, 0.2) is 5.10 Å². The normalized spacial score (nSPS) is 22.6. The summed E-state index contributed by atoms with van der Waals surface area (Å²) < 4.78 is 0. The van der Waals surface area contributed by atoms with E-state index in [0.717, 1.165) is 6.54 Å². The SMILES string of the molecule is CC(C)N1N=CN(CC(C)(C)C)C1C. The third-order valence-electron chi connectivity index (χ3n) is 2.38. The van der Waals surface area contributed by atoms with E-state index < -0.39 is 0 Å². The Kier molecular flexibility index (Phi) is 3.07. The maximum Gasteiger partial charge on any atom is 0.116 e. The van der Waals surface area contributed by atoms with Crippen molar-refractivity contribution in [2.45, 2.75) is 53.8 Å². The summed E-state index contributed by atoms with van der Waals surface area (Å²) >= 11 is 0. The third kappa shape index (κ3) is 2.63. The molecular formula is C11H23N3. The van der Waals surface area contributed by atoms with Gasteiger partial charge in [0.2, 0.25) is 0 Å². The molecule has 0 saturated heterocycles. The molecule has 1 unspecified atom stereocenters. The first-order valence-electron chi connectivity index (χ1n) is 5.39. The second-order valence-electron chi connectivity index (χ2n) is 5.57. The van der Waals surface area contributed by atoms with Crippen LogP contribution < -0.4 is 0 Å². The number of rotatable bonds is 2. The highest BCUT2D eigenvalue weighted by Crippen LogP contribution is 2.21. The van der Waals surface area contributed by atoms with Gasteiger partial charge in [-0.2, -0.15) is 5.10 Å². The molecule has 0 spiro atoms. The zero-order chi connectivity index (χ0) is 10.9. The molecule has 1 rings (SSSR count). The fourth-order valence-corrected chi connectivity index (χ4v) is 1.76. The van der Waals surface area contributed by atoms with E-state index in [4.69, 9.17) is 0 Å². The summed E-state index contributed by atoms with van der Waals surface area (Å²) in [6.45, 7) is 14.4. The van der Waals surface area contributed by atoms with Crippen LogP contribution in [-0.2, 0) is 0 Å². The minimum Gasteiger partial charge on any atom is -0.339 e. The molecule has 0 aromatic rings. The van der Waals surface area contributed by atoms with E-state index in [1.807, 2.05) is 6.34 Å². The van der Waals surface area contributed by atoms with Gasteiger partial charge in [0.1, 0.15) is 12.5 Å². The van der Waals surface area contributed by atoms with Gasteiger partial charge >= 0.3 is 0 Å². The summed E-state index contributed by atoms with van der Waals surface area (Å²) in [5.74, 6) is 0. The molecule has 1 atom stereocenters. The molecule has 0 bridgehead atoms. The van der Waals surface area contributed by atoms with Crippen molar-refractivity contribution in [3.63, 3.8) is 0 Å². The van der Waals surface area contributed by atoms with E-state index >= 15 is 0 Å². The van der Waals surface area contributed by atoms with Gasteiger partial charge in [0, 0.05) is 12.6 Å². The van der Waals surface area contributed by atoms with Crippen molar-refractivity contribution >= 4 is 6.34 Å². The van der Waals surface area contributed by atoms with Gasteiger partial charge < -0.3 is 4.90 Å². The molecule has 1 aliphatic rings. The lowest BCUT2D eigenvalue weighted by Crippen LogP contribution is -2.43. The molecule has 0 radical (unpaired) electrons. The van der Waals surface area contributed by atoms with E-state index in [1.165, 1.54) is 0 Å². The van der Waals surface area contributed by atoms with Crippen molar-refractivity contribution in [3.8, 4) is 0 Å². The summed E-state index contributed by atoms with van der Waals surface area (Å²) in [4.78, 5) is 2.31. The molecular weight excluding hydrogens is 174 g/mol. The minimum atomic E-state index is 0.327. The highest BCUT2D eigenvalue weighted by molar-refractivity contribution is 5.57. The van der Waals surface area contributed by atoms with Crippen LogP contribution in [0, 0.1) is 5.41 Å². The smallest absolute Gasteiger partial charge is 0.116 e. The van der Waals surface area contributed by atoms with Crippen LogP contribution in [-0.4, -0.2) is 35.0 Å². The number of hydrogen-bond donors (Lipinski definition) is 0. The zero-order valence-corrected chi connectivity index (χ0v) is 10.3. The van der Waals surface area contributed by atoms with Gasteiger partial charge in [-0.3, -0.25) is 5.01 Å². The molecule has 0 aromatic heterocycles. The average molecular weight is 197 g/mol. The highest BCUT2D eigenvalue weighted by Gasteiger charge is 2.28. The van der Waals surface area contributed by atoms with Crippen molar-refractivity contribution in [1.82, 2.24) is 9.91 Å². The molecule has 0 aliphatic carbocycles. The lowest BCUT2D eigenvalue weighted by Gasteiger charge is -2.33. The van der Waals surface area contributed by atoms with Crippen LogP contribution in [0.2, 0.25) is 0 Å². The molecule has 0 fully saturated rings. The van der Waals surface area contributed by atoms with Gasteiger partial charge in [-0.1, -0.05) is 20.8 Å². The number of hydrogen-bond acceptors (Lipinski definition) is 3. The second kappa shape index (κ2) is 3.79. The van der Waals surface area contributed by atoms with Crippen molar-refractivity contribution in [2.24, 2.45) is 10.5 Å². The first-order valence-corrected chi connectivity index (χ1v) is 5.39. The standard InChI is InChI=1S/C11H23N3/c1-9(2)14-10(3)13(8-12-14)7-11(4,5)6/h8-10H,7H2,1-6H3. The zero-order valence-electron chi connectivity index (χ0n) is 10.3. The Morgan fingerprint density at radius 2 is 1.93 bits per heavy atom. The molecule has 3 heteroatoms. The van der Waals surface area contributed by atoms with Crippen LogP contribution in [0.25, 0.3) is 0 Å². The monoisotopic (exact) mass is 197 g/mol. The summed E-state index contributed by atoms with van der Waals surface area (Å²) in [5, 5.41) is 6.56. The lowest BCUT2D eigenvalue weighted by molar-refractivity contribution is 0.0956. The van der Waals surface area contributed by atoms with Gasteiger partial charge in [0.15, 0.2) is 0 Å². The third-order valence-corrected chi connectivity index (χ3v) is 2.38. The van der Waals surface area contributed by atoms with Gasteiger partial charge in [-0.25, -0.2) is 0 Å². The van der Waals surface area contributed by atoms with E-state index in [0.29, 0.717) is 17.6 Å². The van der Waals surface area contributed by atoms with Crippen LogP contribution in [0.4, 0.5) is 0 Å². The topological polar surface area (TPSA) is 18.8 Å². The first-order chi connectivity index (χ1) is 6.31. The van der Waals surface area contributed by atoms with Crippen LogP contribution in [0.3, 0.4) is 0 Å². The van der Waals surface area contributed by atoms with Crippen LogP contribution in [0.1, 0.15) is 41.5 Å². The summed E-state index contributed by atoms with van der Waals surface area (Å²) in [5.41, 5.74) is 0.327. The molecule has 3 nitrogen and oxygen atoms in total. The maximum atomic E-state index is 4.42. The Labute approximate surface area is 87.8 Å². The van der Waals surface area contributed by atoms with Gasteiger partial charge in [-0.15, -0.1) is 0 Å². The van der Waals surface area contributed by atoms with E-state index in [9.17, 15) is 0 Å². The van der Waals surface area contributed by atoms with Crippen LogP contribution >= 0.6 is 0 Å². The van der Waals surface area contributed by atoms with Gasteiger partial charge in [0.25, 0.3) is 0 Å². The molecule has 14 heavy (non-hydrogen) atoms. The predicted octanol–water partition coefficient (Wildman–Crippen LogP) is 2.35. The van der Waals surface area contributed by atoms with Gasteiger partial charge in [-0.05, 0) is 26.2 Å². The molecule has 0 saturated carbocycles. The second-order valence-corrected chi connectivity index (χ2v) is 5.57. The summed E-state index contributed by atoms with van der Waals surface area (Å²) in [6, 6.07) is 0.478. The maximum absolute atomic E-state index is 4.42. The Hall–Kier alpha value is -0.730.